The van der Waals surface area contributed by atoms with E-state index in [1.54, 1.807) is 0 Å². The van der Waals surface area contributed by atoms with E-state index in [2.05, 4.69) is 29.4 Å². The summed E-state index contributed by atoms with van der Waals surface area (Å²) in [6, 6.07) is 0.464. The van der Waals surface area contributed by atoms with Crippen LogP contribution >= 0.6 is 0 Å². The first-order valence-electron chi connectivity index (χ1n) is 8.59. The van der Waals surface area contributed by atoms with E-state index in [1.807, 2.05) is 0 Å². The van der Waals surface area contributed by atoms with Crippen LogP contribution in [0.4, 0.5) is 0 Å². The van der Waals surface area contributed by atoms with E-state index >= 15 is 0 Å². The van der Waals surface area contributed by atoms with Crippen LogP contribution in [-0.4, -0.2) is 62.3 Å². The van der Waals surface area contributed by atoms with Gasteiger partial charge in [0.05, 0.1) is 19.3 Å². The van der Waals surface area contributed by atoms with Crippen molar-refractivity contribution in [1.29, 1.82) is 0 Å². The number of carbonyl (C=O) groups is 1. The van der Waals surface area contributed by atoms with E-state index < -0.39 is 0 Å². The summed E-state index contributed by atoms with van der Waals surface area (Å²) in [5.74, 6) is 0.638. The highest BCUT2D eigenvalue weighted by Gasteiger charge is 2.33. The number of nitrogens with one attached hydrogen (secondary N) is 2. The van der Waals surface area contributed by atoms with Crippen LogP contribution in [0.1, 0.15) is 39.5 Å². The zero-order chi connectivity index (χ0) is 15.1. The summed E-state index contributed by atoms with van der Waals surface area (Å²) in [6.07, 6.45) is 4.49. The minimum absolute atomic E-state index is 0.00491. The molecule has 2 unspecified atom stereocenters. The normalized spacial score (nSPS) is 25.2. The van der Waals surface area contributed by atoms with Gasteiger partial charge in [0.1, 0.15) is 0 Å². The SMILES string of the molecule is CCC(CC)C(C(=O)NCC1CCCN1)N1CCOCC1. The predicted molar refractivity (Wildman–Crippen MR) is 84.3 cm³/mol. The summed E-state index contributed by atoms with van der Waals surface area (Å²) in [7, 11) is 0. The molecule has 2 atom stereocenters. The van der Waals surface area contributed by atoms with Crippen LogP contribution in [0.5, 0.6) is 0 Å². The maximum Gasteiger partial charge on any atom is 0.237 e. The van der Waals surface area contributed by atoms with Crippen molar-refractivity contribution in [2.45, 2.75) is 51.6 Å². The van der Waals surface area contributed by atoms with E-state index in [4.69, 9.17) is 4.74 Å². The molecule has 0 bridgehead atoms. The Kier molecular flexibility index (Phi) is 6.93. The van der Waals surface area contributed by atoms with Gasteiger partial charge >= 0.3 is 0 Å². The molecule has 21 heavy (non-hydrogen) atoms. The van der Waals surface area contributed by atoms with Crippen LogP contribution < -0.4 is 10.6 Å². The van der Waals surface area contributed by atoms with Crippen molar-refractivity contribution >= 4 is 5.91 Å². The quantitative estimate of drug-likeness (QED) is 0.736. The molecule has 2 saturated heterocycles. The number of nitrogens with zero attached hydrogens (tertiary/aromatic N) is 1. The van der Waals surface area contributed by atoms with Crippen LogP contribution in [0.15, 0.2) is 0 Å². The predicted octanol–water partition coefficient (Wildman–Crippen LogP) is 0.992. The van der Waals surface area contributed by atoms with Gasteiger partial charge in [-0.05, 0) is 25.3 Å². The lowest BCUT2D eigenvalue weighted by atomic mass is 9.91. The maximum atomic E-state index is 12.7. The maximum absolute atomic E-state index is 12.7. The zero-order valence-electron chi connectivity index (χ0n) is 13.6. The molecule has 0 aromatic heterocycles. The summed E-state index contributed by atoms with van der Waals surface area (Å²) in [5.41, 5.74) is 0. The lowest BCUT2D eigenvalue weighted by Gasteiger charge is -2.37. The molecule has 1 amide bonds. The van der Waals surface area contributed by atoms with E-state index in [0.29, 0.717) is 12.0 Å². The standard InChI is InChI=1S/C16H31N3O2/c1-3-13(4-2)15(19-8-10-21-11-9-19)16(20)18-12-14-6-5-7-17-14/h13-15,17H,3-12H2,1-2H3,(H,18,20). The molecule has 0 saturated carbocycles. The lowest BCUT2D eigenvalue weighted by molar-refractivity contribution is -0.130. The molecule has 0 radical (unpaired) electrons. The van der Waals surface area contributed by atoms with Crippen LogP contribution in [0.25, 0.3) is 0 Å². The summed E-state index contributed by atoms with van der Waals surface area (Å²) < 4.78 is 5.43. The molecule has 2 heterocycles. The second-order valence-corrected chi connectivity index (χ2v) is 6.21. The molecule has 122 valence electrons. The Bertz CT molecular complexity index is 309. The van der Waals surface area contributed by atoms with E-state index in [1.165, 1.54) is 12.8 Å². The van der Waals surface area contributed by atoms with Gasteiger partial charge in [0.15, 0.2) is 0 Å². The highest BCUT2D eigenvalue weighted by Crippen LogP contribution is 2.20. The van der Waals surface area contributed by atoms with Gasteiger partial charge in [0.25, 0.3) is 0 Å². The van der Waals surface area contributed by atoms with Gasteiger partial charge in [-0.2, -0.15) is 0 Å². The zero-order valence-corrected chi connectivity index (χ0v) is 13.6. The van der Waals surface area contributed by atoms with E-state index in [-0.39, 0.29) is 11.9 Å². The molecule has 0 spiro atoms. The summed E-state index contributed by atoms with van der Waals surface area (Å²) in [6.45, 7) is 9.45. The van der Waals surface area contributed by atoms with Crippen molar-refractivity contribution < 1.29 is 9.53 Å². The summed E-state index contributed by atoms with van der Waals surface area (Å²) in [5, 5.41) is 6.63. The largest absolute Gasteiger partial charge is 0.379 e. The second-order valence-electron chi connectivity index (χ2n) is 6.21. The van der Waals surface area contributed by atoms with Gasteiger partial charge in [0.2, 0.25) is 5.91 Å². The average Bonchev–Trinajstić information content (AvgIpc) is 3.04. The Balaban J connectivity index is 1.93. The van der Waals surface area contributed by atoms with Gasteiger partial charge in [-0.15, -0.1) is 0 Å². The third-order valence-electron chi connectivity index (χ3n) is 4.89. The van der Waals surface area contributed by atoms with Crippen molar-refractivity contribution in [2.24, 2.45) is 5.92 Å². The third-order valence-corrected chi connectivity index (χ3v) is 4.89. The first kappa shape index (κ1) is 16.7. The van der Waals surface area contributed by atoms with Crippen LogP contribution in [0.3, 0.4) is 0 Å². The molecule has 5 nitrogen and oxygen atoms in total. The fourth-order valence-corrected chi connectivity index (χ4v) is 3.53. The molecule has 0 aliphatic carbocycles. The number of carbonyl (C=O) groups excluding carboxylic acids is 1. The molecule has 2 aliphatic heterocycles. The molecule has 2 fully saturated rings. The highest BCUT2D eigenvalue weighted by molar-refractivity contribution is 5.82. The highest BCUT2D eigenvalue weighted by atomic mass is 16.5. The minimum atomic E-state index is 0.00491. The molecule has 0 aromatic rings. The molecule has 2 rings (SSSR count). The number of rotatable bonds is 7. The monoisotopic (exact) mass is 297 g/mol. The first-order chi connectivity index (χ1) is 10.3. The van der Waals surface area contributed by atoms with Gasteiger partial charge in [-0.1, -0.05) is 26.7 Å². The Morgan fingerprint density at radius 2 is 2.05 bits per heavy atom. The molecular weight excluding hydrogens is 266 g/mol. The Labute approximate surface area is 128 Å². The molecular formula is C16H31N3O2. The smallest absolute Gasteiger partial charge is 0.237 e. The average molecular weight is 297 g/mol. The molecule has 2 N–H and O–H groups in total. The van der Waals surface area contributed by atoms with Crippen molar-refractivity contribution in [3.8, 4) is 0 Å². The number of hydrogen-bond donors (Lipinski definition) is 2. The lowest BCUT2D eigenvalue weighted by Crippen LogP contribution is -2.55. The first-order valence-corrected chi connectivity index (χ1v) is 8.59. The van der Waals surface area contributed by atoms with Crippen molar-refractivity contribution in [2.75, 3.05) is 39.4 Å². The van der Waals surface area contributed by atoms with Crippen LogP contribution in [-0.2, 0) is 9.53 Å². The topological polar surface area (TPSA) is 53.6 Å². The van der Waals surface area contributed by atoms with Gasteiger partial charge in [0, 0.05) is 25.7 Å². The van der Waals surface area contributed by atoms with Crippen molar-refractivity contribution in [3.05, 3.63) is 0 Å². The Morgan fingerprint density at radius 3 is 2.62 bits per heavy atom. The number of hydrogen-bond acceptors (Lipinski definition) is 4. The third kappa shape index (κ3) is 4.66. The fraction of sp³-hybridized carbons (Fsp3) is 0.938. The molecule has 0 aromatic carbocycles. The molecule has 2 aliphatic rings. The van der Waals surface area contributed by atoms with Gasteiger partial charge in [-0.25, -0.2) is 0 Å². The van der Waals surface area contributed by atoms with Gasteiger partial charge < -0.3 is 15.4 Å². The second kappa shape index (κ2) is 8.71. The minimum Gasteiger partial charge on any atom is -0.379 e. The Hall–Kier alpha value is -0.650. The summed E-state index contributed by atoms with van der Waals surface area (Å²) >= 11 is 0. The van der Waals surface area contributed by atoms with Crippen molar-refractivity contribution in [1.82, 2.24) is 15.5 Å². The number of amides is 1. The van der Waals surface area contributed by atoms with Crippen LogP contribution in [0, 0.1) is 5.92 Å². The van der Waals surface area contributed by atoms with Gasteiger partial charge in [-0.3, -0.25) is 9.69 Å². The van der Waals surface area contributed by atoms with E-state index in [0.717, 1.165) is 52.2 Å². The molecule has 5 heteroatoms. The van der Waals surface area contributed by atoms with Crippen molar-refractivity contribution in [3.63, 3.8) is 0 Å². The Morgan fingerprint density at radius 1 is 1.33 bits per heavy atom. The number of ether oxygens (including phenoxy) is 1. The van der Waals surface area contributed by atoms with E-state index in [9.17, 15) is 4.79 Å². The fourth-order valence-electron chi connectivity index (χ4n) is 3.53. The summed E-state index contributed by atoms with van der Waals surface area (Å²) in [4.78, 5) is 15.1. The number of morpholine rings is 1. The van der Waals surface area contributed by atoms with Crippen LogP contribution in [0.2, 0.25) is 0 Å².